The molecular weight excluding hydrogens is 314 g/mol. The minimum atomic E-state index is 0.595. The molecule has 1 aliphatic rings. The molecule has 0 amide bonds. The minimum Gasteiger partial charge on any atom is -0.352 e. The number of rotatable bonds is 3. The number of benzene rings is 1. The number of aryl methyl sites for hydroxylation is 1. The van der Waals surface area contributed by atoms with Gasteiger partial charge >= 0.3 is 0 Å². The molecule has 2 heterocycles. The van der Waals surface area contributed by atoms with E-state index in [2.05, 4.69) is 33.8 Å². The number of hydrogen-bond acceptors (Lipinski definition) is 3. The Morgan fingerprint density at radius 2 is 1.95 bits per heavy atom. The third kappa shape index (κ3) is 2.66. The van der Waals surface area contributed by atoms with Crippen molar-refractivity contribution in [3.05, 3.63) is 30.0 Å². The first-order valence-electron chi connectivity index (χ1n) is 7.35. The van der Waals surface area contributed by atoms with Gasteiger partial charge < -0.3 is 4.90 Å². The number of para-hydroxylation sites is 2. The Morgan fingerprint density at radius 1 is 1.20 bits per heavy atom. The zero-order valence-electron chi connectivity index (χ0n) is 11.8. The number of alkyl halides is 1. The number of hydrogen-bond donors (Lipinski definition) is 0. The van der Waals surface area contributed by atoms with Crippen molar-refractivity contribution in [1.29, 1.82) is 0 Å². The van der Waals surface area contributed by atoms with Crippen molar-refractivity contribution in [2.24, 2.45) is 0 Å². The fourth-order valence-corrected chi connectivity index (χ4v) is 3.58. The van der Waals surface area contributed by atoms with Gasteiger partial charge in [-0.05, 0) is 44.7 Å². The molecule has 1 fully saturated rings. The van der Waals surface area contributed by atoms with Crippen LogP contribution in [0.5, 0.6) is 0 Å². The molecule has 0 bridgehead atoms. The molecule has 1 saturated heterocycles. The zero-order chi connectivity index (χ0) is 13.9. The second-order valence-electron chi connectivity index (χ2n) is 5.44. The van der Waals surface area contributed by atoms with Crippen LogP contribution in [0.15, 0.2) is 24.3 Å². The van der Waals surface area contributed by atoms with Crippen LogP contribution in [0.4, 0.5) is 5.82 Å². The average molecular weight is 334 g/mol. The third-order valence-electron chi connectivity index (χ3n) is 4.06. The predicted molar refractivity (Wildman–Crippen MR) is 87.7 cm³/mol. The molecule has 0 saturated carbocycles. The van der Waals surface area contributed by atoms with Crippen LogP contribution >= 0.6 is 15.9 Å². The van der Waals surface area contributed by atoms with E-state index in [0.29, 0.717) is 6.04 Å². The molecule has 0 radical (unpaired) electrons. The summed E-state index contributed by atoms with van der Waals surface area (Å²) in [6.07, 6.45) is 5.02. The molecule has 3 rings (SSSR count). The van der Waals surface area contributed by atoms with Gasteiger partial charge in [0.25, 0.3) is 0 Å². The Morgan fingerprint density at radius 3 is 2.70 bits per heavy atom. The topological polar surface area (TPSA) is 29.0 Å². The van der Waals surface area contributed by atoms with E-state index >= 15 is 0 Å². The molecular formula is C16H20BrN3. The van der Waals surface area contributed by atoms with Crippen molar-refractivity contribution in [2.75, 3.05) is 16.8 Å². The number of fused-ring (bicyclic) bond motifs is 1. The lowest BCUT2D eigenvalue weighted by Crippen LogP contribution is -2.41. The molecule has 3 nitrogen and oxygen atoms in total. The number of aromatic nitrogens is 2. The second-order valence-corrected chi connectivity index (χ2v) is 6.23. The maximum atomic E-state index is 4.88. The molecule has 0 aliphatic carbocycles. The molecule has 20 heavy (non-hydrogen) atoms. The predicted octanol–water partition coefficient (Wildman–Crippen LogP) is 4.08. The van der Waals surface area contributed by atoms with Crippen molar-refractivity contribution < 1.29 is 0 Å². The van der Waals surface area contributed by atoms with Crippen molar-refractivity contribution in [2.45, 2.75) is 38.6 Å². The highest BCUT2D eigenvalue weighted by molar-refractivity contribution is 9.09. The number of halogens is 1. The van der Waals surface area contributed by atoms with E-state index in [1.54, 1.807) is 0 Å². The van der Waals surface area contributed by atoms with Crippen molar-refractivity contribution in [1.82, 2.24) is 9.97 Å². The zero-order valence-corrected chi connectivity index (χ0v) is 13.4. The lowest BCUT2D eigenvalue weighted by atomic mass is 10.00. The summed E-state index contributed by atoms with van der Waals surface area (Å²) in [5.74, 6) is 1.08. The molecule has 106 valence electrons. The summed E-state index contributed by atoms with van der Waals surface area (Å²) in [6, 6.07) is 8.73. The van der Waals surface area contributed by atoms with Gasteiger partial charge in [0.1, 0.15) is 0 Å². The van der Waals surface area contributed by atoms with E-state index in [-0.39, 0.29) is 0 Å². The molecule has 1 unspecified atom stereocenters. The van der Waals surface area contributed by atoms with E-state index < -0.39 is 0 Å². The van der Waals surface area contributed by atoms with Gasteiger partial charge in [0.2, 0.25) is 0 Å². The molecule has 1 aromatic carbocycles. The van der Waals surface area contributed by atoms with Crippen molar-refractivity contribution in [3.63, 3.8) is 0 Å². The van der Waals surface area contributed by atoms with Crippen molar-refractivity contribution >= 4 is 32.8 Å². The van der Waals surface area contributed by atoms with Gasteiger partial charge in [-0.3, -0.25) is 0 Å². The molecule has 4 heteroatoms. The quantitative estimate of drug-likeness (QED) is 0.792. The van der Waals surface area contributed by atoms with E-state index in [4.69, 9.17) is 9.97 Å². The summed E-state index contributed by atoms with van der Waals surface area (Å²) in [4.78, 5) is 12.1. The Bertz CT molecular complexity index is 597. The Balaban J connectivity index is 2.00. The smallest absolute Gasteiger partial charge is 0.151 e. The summed E-state index contributed by atoms with van der Waals surface area (Å²) in [7, 11) is 0. The normalized spacial score (nSPS) is 19.5. The van der Waals surface area contributed by atoms with Crippen molar-refractivity contribution in [3.8, 4) is 0 Å². The second kappa shape index (κ2) is 6.08. The molecule has 0 N–H and O–H groups in total. The van der Waals surface area contributed by atoms with Gasteiger partial charge in [0, 0.05) is 17.9 Å². The Kier molecular flexibility index (Phi) is 4.20. The van der Waals surface area contributed by atoms with Gasteiger partial charge in [-0.1, -0.05) is 28.1 Å². The molecule has 2 aromatic rings. The van der Waals surface area contributed by atoms with Gasteiger partial charge in [0.15, 0.2) is 5.82 Å². The molecule has 1 aromatic heterocycles. The largest absolute Gasteiger partial charge is 0.352 e. The Labute approximate surface area is 128 Å². The Hall–Kier alpha value is -1.16. The van der Waals surface area contributed by atoms with Crippen LogP contribution < -0.4 is 4.90 Å². The van der Waals surface area contributed by atoms with Crippen LogP contribution in [0.1, 0.15) is 31.4 Å². The van der Waals surface area contributed by atoms with Gasteiger partial charge in [-0.25, -0.2) is 9.97 Å². The third-order valence-corrected chi connectivity index (χ3v) is 4.52. The number of anilines is 1. The summed E-state index contributed by atoms with van der Waals surface area (Å²) < 4.78 is 0. The SMILES string of the molecule is Cc1nc2ccccc2nc1N1CCCCC1CCBr. The minimum absolute atomic E-state index is 0.595. The highest BCUT2D eigenvalue weighted by Gasteiger charge is 2.24. The van der Waals surface area contributed by atoms with Crippen LogP contribution in [0.3, 0.4) is 0 Å². The lowest BCUT2D eigenvalue weighted by Gasteiger charge is -2.37. The fourth-order valence-electron chi connectivity index (χ4n) is 3.06. The van der Waals surface area contributed by atoms with E-state index in [1.807, 2.05) is 18.2 Å². The van der Waals surface area contributed by atoms with Crippen LogP contribution in [0.25, 0.3) is 11.0 Å². The first-order valence-corrected chi connectivity index (χ1v) is 8.48. The monoisotopic (exact) mass is 333 g/mol. The van der Waals surface area contributed by atoms with E-state index in [0.717, 1.165) is 34.4 Å². The highest BCUT2D eigenvalue weighted by Crippen LogP contribution is 2.28. The maximum absolute atomic E-state index is 4.88. The summed E-state index contributed by atoms with van der Waals surface area (Å²) >= 11 is 3.58. The first-order chi connectivity index (χ1) is 9.79. The average Bonchev–Trinajstić information content (AvgIpc) is 2.48. The first kappa shape index (κ1) is 13.8. The molecule has 1 aliphatic heterocycles. The summed E-state index contributed by atoms with van der Waals surface area (Å²) in [5.41, 5.74) is 3.03. The maximum Gasteiger partial charge on any atom is 0.151 e. The molecule has 0 spiro atoms. The number of nitrogens with zero attached hydrogens (tertiary/aromatic N) is 3. The standard InChI is InChI=1S/C16H20BrN3/c1-12-16(19-15-8-3-2-7-14(15)18-12)20-11-5-4-6-13(20)9-10-17/h2-3,7-8,13H,4-6,9-11H2,1H3. The van der Waals surface area contributed by atoms with Gasteiger partial charge in [-0.2, -0.15) is 0 Å². The molecule has 1 atom stereocenters. The lowest BCUT2D eigenvalue weighted by molar-refractivity contribution is 0.448. The van der Waals surface area contributed by atoms with E-state index in [1.165, 1.54) is 25.7 Å². The van der Waals surface area contributed by atoms with Crippen LogP contribution in [-0.4, -0.2) is 27.9 Å². The fraction of sp³-hybridized carbons (Fsp3) is 0.500. The summed E-state index contributed by atoms with van der Waals surface area (Å²) in [6.45, 7) is 3.18. The van der Waals surface area contributed by atoms with Crippen LogP contribution in [-0.2, 0) is 0 Å². The highest BCUT2D eigenvalue weighted by atomic mass is 79.9. The summed E-state index contributed by atoms with van der Waals surface area (Å²) in [5, 5.41) is 1.05. The van der Waals surface area contributed by atoms with Crippen LogP contribution in [0.2, 0.25) is 0 Å². The van der Waals surface area contributed by atoms with Crippen LogP contribution in [0, 0.1) is 6.92 Å². The van der Waals surface area contributed by atoms with Gasteiger partial charge in [-0.15, -0.1) is 0 Å². The van der Waals surface area contributed by atoms with E-state index in [9.17, 15) is 0 Å². The number of piperidine rings is 1. The van der Waals surface area contributed by atoms with Gasteiger partial charge in [0.05, 0.1) is 16.7 Å².